The SMILES string of the molecule is C1=Cc2c(n(-c3ccccc3)c3ccc(-n4c5ccccc5c5ccc6c(c7ccccc7n6-c6nc(-c7ccccc7)nc(-c7ccccc7)n6)c54)cc23)CC1. The summed E-state index contributed by atoms with van der Waals surface area (Å²) < 4.78 is 7.15. The average Bonchev–Trinajstić information content (AvgIpc) is 3.92. The fraction of sp³-hybridized carbons (Fsp3) is 0.0392. The van der Waals surface area contributed by atoms with E-state index >= 15 is 0 Å². The zero-order valence-electron chi connectivity index (χ0n) is 30.9. The van der Waals surface area contributed by atoms with Crippen LogP contribution in [0.25, 0.3) is 101 Å². The summed E-state index contributed by atoms with van der Waals surface area (Å²) in [6, 6.07) is 60.1. The first-order chi connectivity index (χ1) is 28.3. The lowest BCUT2D eigenvalue weighted by Gasteiger charge is -2.13. The Kier molecular flexibility index (Phi) is 6.95. The van der Waals surface area contributed by atoms with Crippen LogP contribution in [0.4, 0.5) is 0 Å². The fourth-order valence-electron chi connectivity index (χ4n) is 9.11. The standard InChI is InChI=1S/C51H34N6/c1-4-16-33(17-5-1)49-52-50(34-18-6-2-7-19-34)54-51(53-49)57-44-27-15-12-24-40(44)47-46(57)31-29-39-37-22-10-14-26-43(37)56(48(39)47)36-28-30-45-41(32-36)38-23-11-13-25-42(38)55(45)35-20-8-3-9-21-35/h1-12,14-24,26-32H,13,25H2. The Hall–Kier alpha value is -7.57. The van der Waals surface area contributed by atoms with E-state index < -0.39 is 0 Å². The maximum Gasteiger partial charge on any atom is 0.238 e. The number of rotatable bonds is 5. The number of allylic oxidation sites excluding steroid dienone is 1. The maximum atomic E-state index is 5.20. The van der Waals surface area contributed by atoms with Gasteiger partial charge in [-0.15, -0.1) is 0 Å². The Bertz CT molecular complexity index is 3330. The van der Waals surface area contributed by atoms with Crippen molar-refractivity contribution in [2.24, 2.45) is 0 Å². The second-order valence-corrected chi connectivity index (χ2v) is 14.7. The van der Waals surface area contributed by atoms with Gasteiger partial charge in [-0.1, -0.05) is 133 Å². The zero-order valence-corrected chi connectivity index (χ0v) is 30.9. The molecule has 57 heavy (non-hydrogen) atoms. The van der Waals surface area contributed by atoms with Crippen molar-refractivity contribution in [2.75, 3.05) is 0 Å². The van der Waals surface area contributed by atoms with E-state index in [4.69, 9.17) is 15.0 Å². The molecule has 0 aliphatic heterocycles. The van der Waals surface area contributed by atoms with E-state index in [1.165, 1.54) is 44.1 Å². The van der Waals surface area contributed by atoms with Crippen LogP contribution in [-0.2, 0) is 6.42 Å². The van der Waals surface area contributed by atoms with Crippen molar-refractivity contribution >= 4 is 60.6 Å². The van der Waals surface area contributed by atoms with E-state index in [1.54, 1.807) is 0 Å². The topological polar surface area (TPSA) is 53.5 Å². The van der Waals surface area contributed by atoms with Crippen LogP contribution in [0.5, 0.6) is 0 Å². The molecule has 0 saturated heterocycles. The highest BCUT2D eigenvalue weighted by molar-refractivity contribution is 6.26. The Balaban J connectivity index is 1.17. The zero-order chi connectivity index (χ0) is 37.5. The molecular formula is C51H34N6. The van der Waals surface area contributed by atoms with Gasteiger partial charge in [0.2, 0.25) is 5.95 Å². The largest absolute Gasteiger partial charge is 0.313 e. The summed E-state index contributed by atoms with van der Waals surface area (Å²) >= 11 is 0. The Morgan fingerprint density at radius 1 is 0.421 bits per heavy atom. The van der Waals surface area contributed by atoms with Crippen LogP contribution in [0.3, 0.4) is 0 Å². The van der Waals surface area contributed by atoms with E-state index in [9.17, 15) is 0 Å². The van der Waals surface area contributed by atoms with Crippen LogP contribution < -0.4 is 0 Å². The van der Waals surface area contributed by atoms with Crippen LogP contribution in [-0.4, -0.2) is 28.7 Å². The molecule has 1 aliphatic rings. The highest BCUT2D eigenvalue weighted by atomic mass is 15.2. The van der Waals surface area contributed by atoms with Crippen molar-refractivity contribution in [2.45, 2.75) is 12.8 Å². The van der Waals surface area contributed by atoms with Gasteiger partial charge in [-0.05, 0) is 61.4 Å². The van der Waals surface area contributed by atoms with Gasteiger partial charge in [0.15, 0.2) is 11.6 Å². The third-order valence-electron chi connectivity index (χ3n) is 11.6. The van der Waals surface area contributed by atoms with Gasteiger partial charge in [0.05, 0.1) is 27.6 Å². The van der Waals surface area contributed by atoms with Crippen molar-refractivity contribution < 1.29 is 0 Å². The number of hydrogen-bond acceptors (Lipinski definition) is 3. The molecule has 11 aromatic rings. The molecule has 0 bridgehead atoms. The number of nitrogens with zero attached hydrogens (tertiary/aromatic N) is 6. The van der Waals surface area contributed by atoms with Crippen LogP contribution in [0, 0.1) is 0 Å². The lowest BCUT2D eigenvalue weighted by molar-refractivity contribution is 0.888. The summed E-state index contributed by atoms with van der Waals surface area (Å²) in [5, 5.41) is 5.98. The molecule has 0 radical (unpaired) electrons. The van der Waals surface area contributed by atoms with Gasteiger partial charge in [-0.3, -0.25) is 4.57 Å². The van der Waals surface area contributed by atoms with Crippen LogP contribution in [0.2, 0.25) is 0 Å². The second-order valence-electron chi connectivity index (χ2n) is 14.7. The molecule has 0 saturated carbocycles. The van der Waals surface area contributed by atoms with Gasteiger partial charge in [0.1, 0.15) is 0 Å². The lowest BCUT2D eigenvalue weighted by Crippen LogP contribution is -2.06. The molecule has 4 aromatic heterocycles. The molecule has 0 unspecified atom stereocenters. The Labute approximate surface area is 328 Å². The molecule has 0 amide bonds. The first-order valence-electron chi connectivity index (χ1n) is 19.5. The predicted molar refractivity (Wildman–Crippen MR) is 234 cm³/mol. The molecule has 7 aromatic carbocycles. The number of aromatic nitrogens is 6. The molecule has 0 N–H and O–H groups in total. The molecule has 1 aliphatic carbocycles. The molecule has 6 heteroatoms. The normalized spacial score (nSPS) is 12.7. The number of fused-ring (bicyclic) bond motifs is 10. The number of hydrogen-bond donors (Lipinski definition) is 0. The van der Waals surface area contributed by atoms with Gasteiger partial charge in [0, 0.05) is 60.7 Å². The van der Waals surface area contributed by atoms with E-state index in [2.05, 4.69) is 159 Å². The molecule has 0 fully saturated rings. The monoisotopic (exact) mass is 730 g/mol. The van der Waals surface area contributed by atoms with Crippen LogP contribution in [0.15, 0.2) is 176 Å². The lowest BCUT2D eigenvalue weighted by atomic mass is 10.0. The molecular weight excluding hydrogens is 697 g/mol. The van der Waals surface area contributed by atoms with Crippen LogP contribution in [0.1, 0.15) is 17.7 Å². The summed E-state index contributed by atoms with van der Waals surface area (Å²) in [6.45, 7) is 0. The van der Waals surface area contributed by atoms with Crippen molar-refractivity contribution in [3.05, 3.63) is 187 Å². The van der Waals surface area contributed by atoms with Gasteiger partial charge < -0.3 is 9.13 Å². The quantitative estimate of drug-likeness (QED) is 0.177. The molecule has 268 valence electrons. The minimum absolute atomic E-state index is 0.581. The van der Waals surface area contributed by atoms with E-state index in [0.29, 0.717) is 17.6 Å². The maximum absolute atomic E-state index is 5.20. The van der Waals surface area contributed by atoms with Gasteiger partial charge in [0.25, 0.3) is 0 Å². The van der Waals surface area contributed by atoms with Crippen LogP contribution >= 0.6 is 0 Å². The Morgan fingerprint density at radius 2 is 1.02 bits per heavy atom. The average molecular weight is 731 g/mol. The smallest absolute Gasteiger partial charge is 0.238 e. The minimum Gasteiger partial charge on any atom is -0.313 e. The van der Waals surface area contributed by atoms with Gasteiger partial charge in [-0.25, -0.2) is 4.98 Å². The molecule has 0 atom stereocenters. The van der Waals surface area contributed by atoms with Crippen molar-refractivity contribution in [1.82, 2.24) is 28.7 Å². The summed E-state index contributed by atoms with van der Waals surface area (Å²) in [6.07, 6.45) is 6.69. The highest BCUT2D eigenvalue weighted by Gasteiger charge is 2.24. The number of benzene rings is 7. The van der Waals surface area contributed by atoms with Crippen molar-refractivity contribution in [3.8, 4) is 40.1 Å². The van der Waals surface area contributed by atoms with Gasteiger partial charge >= 0.3 is 0 Å². The van der Waals surface area contributed by atoms with Gasteiger partial charge in [-0.2, -0.15) is 9.97 Å². The summed E-state index contributed by atoms with van der Waals surface area (Å²) in [5.74, 6) is 1.85. The molecule has 4 heterocycles. The van der Waals surface area contributed by atoms with E-state index in [-0.39, 0.29) is 0 Å². The first kappa shape index (κ1) is 31.7. The predicted octanol–water partition coefficient (Wildman–Crippen LogP) is 12.3. The summed E-state index contributed by atoms with van der Waals surface area (Å²) in [4.78, 5) is 15.4. The second kappa shape index (κ2) is 12.5. The molecule has 0 spiro atoms. The van der Waals surface area contributed by atoms with E-state index in [0.717, 1.165) is 57.0 Å². The van der Waals surface area contributed by atoms with Crippen molar-refractivity contribution in [1.29, 1.82) is 0 Å². The third kappa shape index (κ3) is 4.80. The minimum atomic E-state index is 0.581. The summed E-state index contributed by atoms with van der Waals surface area (Å²) in [7, 11) is 0. The number of para-hydroxylation sites is 3. The Morgan fingerprint density at radius 3 is 1.74 bits per heavy atom. The molecule has 12 rings (SSSR count). The summed E-state index contributed by atoms with van der Waals surface area (Å²) in [5.41, 5.74) is 12.5. The van der Waals surface area contributed by atoms with Crippen molar-refractivity contribution in [3.63, 3.8) is 0 Å². The third-order valence-corrected chi connectivity index (χ3v) is 11.6. The van der Waals surface area contributed by atoms with E-state index in [1.807, 2.05) is 36.4 Å². The first-order valence-corrected chi connectivity index (χ1v) is 19.5. The highest BCUT2D eigenvalue weighted by Crippen LogP contribution is 2.43. The molecule has 6 nitrogen and oxygen atoms in total. The fourth-order valence-corrected chi connectivity index (χ4v) is 9.11.